The highest BCUT2D eigenvalue weighted by atomic mass is 32.2. The molecule has 1 atom stereocenters. The number of benzene rings is 1. The van der Waals surface area contributed by atoms with Gasteiger partial charge in [-0.25, -0.2) is 8.42 Å². The van der Waals surface area contributed by atoms with Crippen LogP contribution in [0.3, 0.4) is 0 Å². The van der Waals surface area contributed by atoms with Gasteiger partial charge in [0.15, 0.2) is 9.84 Å². The van der Waals surface area contributed by atoms with Gasteiger partial charge in [0.05, 0.1) is 4.90 Å². The lowest BCUT2D eigenvalue weighted by molar-refractivity contribution is 0.0789. The van der Waals surface area contributed by atoms with Gasteiger partial charge in [0.1, 0.15) is 0 Å². The average Bonchev–Trinajstić information content (AvgIpc) is 2.86. The summed E-state index contributed by atoms with van der Waals surface area (Å²) in [5, 5.41) is 3.15. The van der Waals surface area contributed by atoms with Crippen molar-refractivity contribution in [3.05, 3.63) is 29.8 Å². The molecule has 5 nitrogen and oxygen atoms in total. The van der Waals surface area contributed by atoms with Crippen molar-refractivity contribution in [2.75, 3.05) is 26.4 Å². The number of likely N-dealkylation sites (N-methyl/N-ethyl adjacent to an activating group) is 1. The number of hydrogen-bond donors (Lipinski definition) is 1. The van der Waals surface area contributed by atoms with E-state index in [-0.39, 0.29) is 10.8 Å². The summed E-state index contributed by atoms with van der Waals surface area (Å²) in [6.07, 6.45) is 2.07. The summed E-state index contributed by atoms with van der Waals surface area (Å²) in [6, 6.07) is 6.54. The summed E-state index contributed by atoms with van der Waals surface area (Å²) < 4.78 is 23.0. The molecule has 104 valence electrons. The number of nitrogens with one attached hydrogen (secondary N) is 1. The van der Waals surface area contributed by atoms with E-state index in [4.69, 9.17) is 0 Å². The van der Waals surface area contributed by atoms with E-state index >= 15 is 0 Å². The number of carbonyl (C=O) groups is 1. The Balaban J connectivity index is 2.21. The first-order chi connectivity index (χ1) is 8.91. The fraction of sp³-hybridized carbons (Fsp3) is 0.462. The average molecular weight is 282 g/mol. The number of amides is 1. The summed E-state index contributed by atoms with van der Waals surface area (Å²) in [7, 11) is -1.40. The van der Waals surface area contributed by atoms with Gasteiger partial charge in [-0.05, 0) is 31.7 Å². The van der Waals surface area contributed by atoms with E-state index in [1.165, 1.54) is 12.1 Å². The van der Waals surface area contributed by atoms with Crippen molar-refractivity contribution in [3.8, 4) is 0 Å². The van der Waals surface area contributed by atoms with Gasteiger partial charge in [-0.2, -0.15) is 0 Å². The SMILES string of the molecule is CNC1CCN(C(=O)c2cccc(S(C)(=O)=O)c2)C1. The summed E-state index contributed by atoms with van der Waals surface area (Å²) >= 11 is 0. The Bertz CT molecular complexity index is 583. The second-order valence-corrected chi connectivity index (χ2v) is 6.84. The molecule has 0 aliphatic carbocycles. The second-order valence-electron chi connectivity index (χ2n) is 4.83. The third-order valence-corrected chi connectivity index (χ3v) is 4.50. The lowest BCUT2D eigenvalue weighted by Gasteiger charge is -2.16. The van der Waals surface area contributed by atoms with Crippen molar-refractivity contribution in [1.29, 1.82) is 0 Å². The Hall–Kier alpha value is -1.40. The normalized spacial score (nSPS) is 19.7. The van der Waals surface area contributed by atoms with Crippen LogP contribution in [-0.4, -0.2) is 51.7 Å². The zero-order chi connectivity index (χ0) is 14.0. The van der Waals surface area contributed by atoms with Crippen LogP contribution in [-0.2, 0) is 9.84 Å². The van der Waals surface area contributed by atoms with Gasteiger partial charge in [0, 0.05) is 31.0 Å². The van der Waals surface area contributed by atoms with E-state index in [1.807, 2.05) is 7.05 Å². The molecule has 0 radical (unpaired) electrons. The smallest absolute Gasteiger partial charge is 0.253 e. The molecule has 2 rings (SSSR count). The molecule has 0 spiro atoms. The minimum atomic E-state index is -3.28. The predicted octanol–water partition coefficient (Wildman–Crippen LogP) is 0.524. The number of nitrogens with zero attached hydrogens (tertiary/aromatic N) is 1. The molecule has 1 aromatic carbocycles. The Labute approximate surface area is 113 Å². The molecule has 0 aromatic heterocycles. The highest BCUT2D eigenvalue weighted by molar-refractivity contribution is 7.90. The van der Waals surface area contributed by atoms with Crippen LogP contribution in [0.1, 0.15) is 16.8 Å². The monoisotopic (exact) mass is 282 g/mol. The minimum absolute atomic E-state index is 0.108. The highest BCUT2D eigenvalue weighted by Crippen LogP contribution is 2.16. The van der Waals surface area contributed by atoms with Crippen molar-refractivity contribution >= 4 is 15.7 Å². The number of sulfone groups is 1. The maximum Gasteiger partial charge on any atom is 0.253 e. The van der Waals surface area contributed by atoms with E-state index in [1.54, 1.807) is 17.0 Å². The fourth-order valence-corrected chi connectivity index (χ4v) is 2.89. The van der Waals surface area contributed by atoms with Gasteiger partial charge < -0.3 is 10.2 Å². The Morgan fingerprint density at radius 1 is 1.42 bits per heavy atom. The third kappa shape index (κ3) is 3.13. The van der Waals surface area contributed by atoms with Gasteiger partial charge >= 0.3 is 0 Å². The number of carbonyl (C=O) groups excluding carboxylic acids is 1. The Morgan fingerprint density at radius 2 is 2.16 bits per heavy atom. The van der Waals surface area contributed by atoms with Gasteiger partial charge in [-0.3, -0.25) is 4.79 Å². The first-order valence-electron chi connectivity index (χ1n) is 6.18. The minimum Gasteiger partial charge on any atom is -0.337 e. The van der Waals surface area contributed by atoms with Gasteiger partial charge in [0.2, 0.25) is 0 Å². The van der Waals surface area contributed by atoms with E-state index in [9.17, 15) is 13.2 Å². The van der Waals surface area contributed by atoms with Gasteiger partial charge in [-0.1, -0.05) is 6.07 Å². The molecule has 0 bridgehead atoms. The lowest BCUT2D eigenvalue weighted by Crippen LogP contribution is -2.33. The molecular formula is C13H18N2O3S. The maximum atomic E-state index is 12.3. The van der Waals surface area contributed by atoms with Crippen molar-refractivity contribution in [2.24, 2.45) is 0 Å². The first kappa shape index (κ1) is 14.0. The van der Waals surface area contributed by atoms with E-state index in [0.717, 1.165) is 12.7 Å². The molecular weight excluding hydrogens is 264 g/mol. The van der Waals surface area contributed by atoms with Crippen LogP contribution >= 0.6 is 0 Å². The summed E-state index contributed by atoms with van der Waals surface area (Å²) in [6.45, 7) is 1.37. The molecule has 1 fully saturated rings. The van der Waals surface area contributed by atoms with Crippen molar-refractivity contribution in [2.45, 2.75) is 17.4 Å². The maximum absolute atomic E-state index is 12.3. The van der Waals surface area contributed by atoms with Crippen LogP contribution < -0.4 is 5.32 Å². The molecule has 1 amide bonds. The topological polar surface area (TPSA) is 66.5 Å². The molecule has 1 N–H and O–H groups in total. The first-order valence-corrected chi connectivity index (χ1v) is 8.07. The molecule has 1 aromatic rings. The third-order valence-electron chi connectivity index (χ3n) is 3.39. The van der Waals surface area contributed by atoms with Crippen LogP contribution in [0.5, 0.6) is 0 Å². The fourth-order valence-electron chi connectivity index (χ4n) is 2.22. The largest absolute Gasteiger partial charge is 0.337 e. The number of hydrogen-bond acceptors (Lipinski definition) is 4. The Kier molecular flexibility index (Phi) is 3.91. The van der Waals surface area contributed by atoms with E-state index < -0.39 is 9.84 Å². The van der Waals surface area contributed by atoms with Crippen molar-refractivity contribution < 1.29 is 13.2 Å². The van der Waals surface area contributed by atoms with Crippen LogP contribution in [0, 0.1) is 0 Å². The summed E-state index contributed by atoms with van der Waals surface area (Å²) in [5.41, 5.74) is 0.430. The van der Waals surface area contributed by atoms with Crippen molar-refractivity contribution in [1.82, 2.24) is 10.2 Å². The van der Waals surface area contributed by atoms with Crippen LogP contribution in [0.4, 0.5) is 0 Å². The van der Waals surface area contributed by atoms with Crippen LogP contribution in [0.15, 0.2) is 29.2 Å². The highest BCUT2D eigenvalue weighted by Gasteiger charge is 2.26. The van der Waals surface area contributed by atoms with Crippen LogP contribution in [0.2, 0.25) is 0 Å². The van der Waals surface area contributed by atoms with Crippen LogP contribution in [0.25, 0.3) is 0 Å². The lowest BCUT2D eigenvalue weighted by atomic mass is 10.2. The van der Waals surface area contributed by atoms with E-state index in [0.29, 0.717) is 24.7 Å². The zero-order valence-electron chi connectivity index (χ0n) is 11.1. The standard InChI is InChI=1S/C13H18N2O3S/c1-14-11-6-7-15(9-11)13(16)10-4-3-5-12(8-10)19(2,17)18/h3-5,8,11,14H,6-7,9H2,1-2H3. The molecule has 0 saturated carbocycles. The Morgan fingerprint density at radius 3 is 2.74 bits per heavy atom. The predicted molar refractivity (Wildman–Crippen MR) is 72.9 cm³/mol. The quantitative estimate of drug-likeness (QED) is 0.878. The molecule has 19 heavy (non-hydrogen) atoms. The van der Waals surface area contributed by atoms with E-state index in [2.05, 4.69) is 5.32 Å². The second kappa shape index (κ2) is 5.30. The zero-order valence-corrected chi connectivity index (χ0v) is 11.9. The molecule has 1 heterocycles. The number of likely N-dealkylation sites (tertiary alicyclic amines) is 1. The summed E-state index contributed by atoms with van der Waals surface area (Å²) in [4.78, 5) is 14.2. The summed E-state index contributed by atoms with van der Waals surface area (Å²) in [5.74, 6) is -0.108. The molecule has 1 aliphatic heterocycles. The van der Waals surface area contributed by atoms with Gasteiger partial charge in [-0.15, -0.1) is 0 Å². The van der Waals surface area contributed by atoms with Crippen molar-refractivity contribution in [3.63, 3.8) is 0 Å². The number of rotatable bonds is 3. The molecule has 6 heteroatoms. The molecule has 1 saturated heterocycles. The molecule has 1 unspecified atom stereocenters. The molecule has 1 aliphatic rings. The van der Waals surface area contributed by atoms with Gasteiger partial charge in [0.25, 0.3) is 5.91 Å².